The van der Waals surface area contributed by atoms with E-state index in [0.29, 0.717) is 0 Å². The summed E-state index contributed by atoms with van der Waals surface area (Å²) in [5.74, 6) is 0. The average molecular weight is 321 g/mol. The van der Waals surface area contributed by atoms with Crippen LogP contribution < -0.4 is 0 Å². The van der Waals surface area contributed by atoms with Gasteiger partial charge in [0.05, 0.1) is 0 Å². The van der Waals surface area contributed by atoms with Gasteiger partial charge in [-0.1, -0.05) is 42.0 Å². The number of fused-ring (bicyclic) bond motifs is 8. The van der Waals surface area contributed by atoms with E-state index in [-0.39, 0.29) is 0 Å². The molecule has 0 amide bonds. The van der Waals surface area contributed by atoms with Crippen molar-refractivity contribution in [1.29, 1.82) is 0 Å². The first-order valence-corrected chi connectivity index (χ1v) is 8.54. The van der Waals surface area contributed by atoms with Crippen LogP contribution in [0, 0.1) is 6.92 Å². The van der Waals surface area contributed by atoms with Crippen molar-refractivity contribution in [2.24, 2.45) is 0 Å². The molecule has 0 aliphatic rings. The zero-order chi connectivity index (χ0) is 16.5. The van der Waals surface area contributed by atoms with E-state index in [1.54, 1.807) is 0 Å². The number of hydrogen-bond donors (Lipinski definition) is 1. The molecule has 6 aromatic rings. The summed E-state index contributed by atoms with van der Waals surface area (Å²) in [6.07, 6.45) is 0. The van der Waals surface area contributed by atoms with Crippen molar-refractivity contribution in [2.45, 2.75) is 6.92 Å². The summed E-state index contributed by atoms with van der Waals surface area (Å²) in [7, 11) is 0. The summed E-state index contributed by atoms with van der Waals surface area (Å²) in [6, 6.07) is 23.6. The molecule has 0 aliphatic heterocycles. The molecule has 1 N–H and O–H groups in total. The Kier molecular flexibility index (Phi) is 2.31. The molecule has 0 saturated heterocycles. The van der Waals surface area contributed by atoms with Crippen LogP contribution in [-0.2, 0) is 0 Å². The van der Waals surface area contributed by atoms with Crippen molar-refractivity contribution >= 4 is 54.5 Å². The van der Waals surface area contributed by atoms with Gasteiger partial charge in [-0.3, -0.25) is 0 Å². The molecule has 2 heteroatoms. The normalized spacial score (nSPS) is 12.2. The highest BCUT2D eigenvalue weighted by Crippen LogP contribution is 2.38. The molecule has 2 nitrogen and oxygen atoms in total. The molecule has 0 spiro atoms. The Morgan fingerprint density at radius 1 is 0.680 bits per heavy atom. The zero-order valence-corrected chi connectivity index (χ0v) is 13.8. The molecule has 0 radical (unpaired) electrons. The van der Waals surface area contributed by atoms with Crippen LogP contribution in [0.15, 0.2) is 71.1 Å². The van der Waals surface area contributed by atoms with E-state index in [9.17, 15) is 0 Å². The fraction of sp³-hybridized carbons (Fsp3) is 0.0435. The Bertz CT molecular complexity index is 1450. The van der Waals surface area contributed by atoms with E-state index in [1.165, 1.54) is 43.4 Å². The predicted molar refractivity (Wildman–Crippen MR) is 105 cm³/mol. The highest BCUT2D eigenvalue weighted by atomic mass is 16.3. The van der Waals surface area contributed by atoms with Gasteiger partial charge >= 0.3 is 0 Å². The standard InChI is InChI=1S/C23H15NO/c1-13-6-8-19-16(10-13)17-12-22-18(11-20(17)24-19)23-15-5-3-2-4-14(15)7-9-21(23)25-22/h2-12,24H,1H3. The third-order valence-corrected chi connectivity index (χ3v) is 5.23. The molecular weight excluding hydrogens is 306 g/mol. The lowest BCUT2D eigenvalue weighted by Gasteiger charge is -1.98. The van der Waals surface area contributed by atoms with E-state index in [0.717, 1.165) is 16.7 Å². The van der Waals surface area contributed by atoms with Gasteiger partial charge in [0.2, 0.25) is 0 Å². The Morgan fingerprint density at radius 2 is 1.56 bits per heavy atom. The van der Waals surface area contributed by atoms with Crippen LogP contribution in [0.1, 0.15) is 5.56 Å². The van der Waals surface area contributed by atoms with Gasteiger partial charge in [-0.05, 0) is 48.0 Å². The highest BCUT2D eigenvalue weighted by Gasteiger charge is 2.13. The predicted octanol–water partition coefficient (Wildman–Crippen LogP) is 6.68. The van der Waals surface area contributed by atoms with Crippen molar-refractivity contribution in [3.63, 3.8) is 0 Å². The van der Waals surface area contributed by atoms with Crippen molar-refractivity contribution in [1.82, 2.24) is 4.98 Å². The number of H-pyrrole nitrogens is 1. The summed E-state index contributed by atoms with van der Waals surface area (Å²) in [5.41, 5.74) is 5.48. The first kappa shape index (κ1) is 13.1. The van der Waals surface area contributed by atoms with E-state index in [2.05, 4.69) is 78.6 Å². The number of hydrogen-bond acceptors (Lipinski definition) is 1. The summed E-state index contributed by atoms with van der Waals surface area (Å²) in [4.78, 5) is 3.56. The fourth-order valence-corrected chi connectivity index (χ4v) is 4.05. The van der Waals surface area contributed by atoms with Gasteiger partial charge in [0.1, 0.15) is 11.2 Å². The maximum absolute atomic E-state index is 6.20. The quantitative estimate of drug-likeness (QED) is 0.332. The molecule has 0 fully saturated rings. The van der Waals surface area contributed by atoms with Crippen LogP contribution >= 0.6 is 0 Å². The maximum atomic E-state index is 6.20. The molecule has 4 aromatic carbocycles. The number of aromatic nitrogens is 1. The van der Waals surface area contributed by atoms with E-state index >= 15 is 0 Å². The fourth-order valence-electron chi connectivity index (χ4n) is 4.05. The lowest BCUT2D eigenvalue weighted by Crippen LogP contribution is -1.74. The van der Waals surface area contributed by atoms with Crippen LogP contribution in [0.3, 0.4) is 0 Å². The molecular formula is C23H15NO. The zero-order valence-electron chi connectivity index (χ0n) is 13.8. The lowest BCUT2D eigenvalue weighted by molar-refractivity contribution is 0.670. The number of aryl methyl sites for hydroxylation is 1. The first-order chi connectivity index (χ1) is 12.3. The maximum Gasteiger partial charge on any atom is 0.136 e. The highest BCUT2D eigenvalue weighted by molar-refractivity contribution is 6.22. The largest absolute Gasteiger partial charge is 0.456 e. The molecule has 0 aliphatic carbocycles. The third-order valence-electron chi connectivity index (χ3n) is 5.23. The molecule has 25 heavy (non-hydrogen) atoms. The smallest absolute Gasteiger partial charge is 0.136 e. The number of benzene rings is 4. The Balaban J connectivity index is 1.84. The Hall–Kier alpha value is -3.26. The minimum Gasteiger partial charge on any atom is -0.456 e. The number of nitrogens with one attached hydrogen (secondary N) is 1. The summed E-state index contributed by atoms with van der Waals surface area (Å²) in [5, 5.41) is 7.32. The molecule has 0 unspecified atom stereocenters. The van der Waals surface area contributed by atoms with Crippen LogP contribution in [0.2, 0.25) is 0 Å². The van der Waals surface area contributed by atoms with Gasteiger partial charge in [-0.25, -0.2) is 0 Å². The van der Waals surface area contributed by atoms with Crippen molar-refractivity contribution in [3.05, 3.63) is 72.3 Å². The van der Waals surface area contributed by atoms with Crippen molar-refractivity contribution in [3.8, 4) is 0 Å². The summed E-state index contributed by atoms with van der Waals surface area (Å²) < 4.78 is 6.20. The van der Waals surface area contributed by atoms with Gasteiger partial charge in [-0.2, -0.15) is 0 Å². The number of furan rings is 1. The van der Waals surface area contributed by atoms with Crippen LogP contribution in [0.5, 0.6) is 0 Å². The Labute approximate surface area is 143 Å². The van der Waals surface area contributed by atoms with Crippen molar-refractivity contribution in [2.75, 3.05) is 0 Å². The van der Waals surface area contributed by atoms with E-state index in [4.69, 9.17) is 4.42 Å². The number of aromatic amines is 1. The molecule has 0 saturated carbocycles. The second-order valence-corrected chi connectivity index (χ2v) is 6.83. The summed E-state index contributed by atoms with van der Waals surface area (Å²) in [6.45, 7) is 2.13. The van der Waals surface area contributed by atoms with Crippen LogP contribution in [0.25, 0.3) is 54.5 Å². The van der Waals surface area contributed by atoms with Crippen LogP contribution in [0.4, 0.5) is 0 Å². The second-order valence-electron chi connectivity index (χ2n) is 6.83. The molecule has 2 heterocycles. The average Bonchev–Trinajstić information content (AvgIpc) is 3.17. The third kappa shape index (κ3) is 1.69. The van der Waals surface area contributed by atoms with E-state index < -0.39 is 0 Å². The minimum atomic E-state index is 0.946. The van der Waals surface area contributed by atoms with Gasteiger partial charge in [0.15, 0.2) is 0 Å². The second kappa shape index (κ2) is 4.42. The topological polar surface area (TPSA) is 28.9 Å². The Morgan fingerprint density at radius 3 is 2.52 bits per heavy atom. The first-order valence-electron chi connectivity index (χ1n) is 8.54. The molecule has 0 bridgehead atoms. The van der Waals surface area contributed by atoms with Gasteiger partial charge in [0.25, 0.3) is 0 Å². The van der Waals surface area contributed by atoms with Gasteiger partial charge in [-0.15, -0.1) is 0 Å². The summed E-state index contributed by atoms with van der Waals surface area (Å²) >= 11 is 0. The van der Waals surface area contributed by atoms with Gasteiger partial charge in [0, 0.05) is 32.6 Å². The molecule has 6 rings (SSSR count). The SMILES string of the molecule is Cc1ccc2[nH]c3cc4c(cc3c2c1)oc1ccc2ccccc2c14. The molecule has 0 atom stereocenters. The lowest BCUT2D eigenvalue weighted by atomic mass is 10.0. The van der Waals surface area contributed by atoms with Crippen molar-refractivity contribution < 1.29 is 4.42 Å². The molecule has 2 aromatic heterocycles. The van der Waals surface area contributed by atoms with Gasteiger partial charge < -0.3 is 9.40 Å². The number of rotatable bonds is 0. The van der Waals surface area contributed by atoms with E-state index in [1.807, 2.05) is 0 Å². The molecule has 118 valence electrons. The minimum absolute atomic E-state index is 0.946. The van der Waals surface area contributed by atoms with Crippen LogP contribution in [-0.4, -0.2) is 4.98 Å². The monoisotopic (exact) mass is 321 g/mol.